The minimum atomic E-state index is 0.00373. The highest BCUT2D eigenvalue weighted by Crippen LogP contribution is 2.18. The van der Waals surface area contributed by atoms with Gasteiger partial charge in [-0.2, -0.15) is 4.57 Å². The number of aromatic nitrogens is 1. The summed E-state index contributed by atoms with van der Waals surface area (Å²) in [5.74, 6) is 0.828. The molecule has 4 rings (SSSR count). The number of nitrogens with zero attached hydrogens (tertiary/aromatic N) is 1. The van der Waals surface area contributed by atoms with Gasteiger partial charge in [0.1, 0.15) is 16.7 Å². The first-order valence-corrected chi connectivity index (χ1v) is 8.13. The molecule has 25 heavy (non-hydrogen) atoms. The summed E-state index contributed by atoms with van der Waals surface area (Å²) in [4.78, 5) is 12.8. The average Bonchev–Trinajstić information content (AvgIpc) is 2.64. The van der Waals surface area contributed by atoms with Gasteiger partial charge < -0.3 is 9.15 Å². The quantitative estimate of drug-likeness (QED) is 0.425. The Hall–Kier alpha value is -3.14. The molecule has 2 aromatic heterocycles. The second kappa shape index (κ2) is 6.06. The number of methoxy groups -OCH3 is 1. The van der Waals surface area contributed by atoms with Crippen LogP contribution in [0.3, 0.4) is 0 Å². The Labute approximate surface area is 144 Å². The summed E-state index contributed by atoms with van der Waals surface area (Å²) in [5, 5.41) is 1.21. The molecule has 0 aliphatic carbocycles. The third kappa shape index (κ3) is 2.87. The fourth-order valence-electron chi connectivity index (χ4n) is 3.00. The van der Waals surface area contributed by atoms with Gasteiger partial charge in [0.05, 0.1) is 12.5 Å². The standard InChI is InChI=1S/C21H18NO3/c1-14-3-8-19-17(11-14)21(23)18-13-22(10-9-20(18)25-19)12-15-4-6-16(24-2)7-5-15/h3-11,13H,12H2,1-2H3/q+1. The number of benzene rings is 2. The van der Waals surface area contributed by atoms with Gasteiger partial charge in [-0.3, -0.25) is 4.79 Å². The number of pyridine rings is 1. The van der Waals surface area contributed by atoms with E-state index in [4.69, 9.17) is 9.15 Å². The van der Waals surface area contributed by atoms with Crippen molar-refractivity contribution in [3.63, 3.8) is 0 Å². The van der Waals surface area contributed by atoms with E-state index >= 15 is 0 Å². The number of hydrogen-bond acceptors (Lipinski definition) is 3. The number of ether oxygens (including phenoxy) is 1. The van der Waals surface area contributed by atoms with Crippen molar-refractivity contribution >= 4 is 21.9 Å². The molecular weight excluding hydrogens is 314 g/mol. The third-order valence-corrected chi connectivity index (χ3v) is 4.35. The molecule has 0 radical (unpaired) electrons. The first-order valence-electron chi connectivity index (χ1n) is 8.13. The van der Waals surface area contributed by atoms with E-state index in [9.17, 15) is 4.79 Å². The Morgan fingerprint density at radius 2 is 1.76 bits per heavy atom. The number of hydrogen-bond donors (Lipinski definition) is 0. The van der Waals surface area contributed by atoms with Crippen LogP contribution >= 0.6 is 0 Å². The van der Waals surface area contributed by atoms with Crippen LogP contribution < -0.4 is 14.7 Å². The SMILES string of the molecule is COc1ccc(C[n+]2ccc3oc4ccc(C)cc4c(=O)c3c2)cc1. The highest BCUT2D eigenvalue weighted by atomic mass is 16.5. The van der Waals surface area contributed by atoms with Gasteiger partial charge >= 0.3 is 0 Å². The van der Waals surface area contributed by atoms with Crippen molar-refractivity contribution in [3.8, 4) is 5.75 Å². The monoisotopic (exact) mass is 332 g/mol. The normalized spacial score (nSPS) is 11.1. The van der Waals surface area contributed by atoms with Gasteiger partial charge in [-0.25, -0.2) is 0 Å². The zero-order chi connectivity index (χ0) is 17.4. The fourth-order valence-corrected chi connectivity index (χ4v) is 3.00. The Kier molecular flexibility index (Phi) is 3.73. The van der Waals surface area contributed by atoms with Gasteiger partial charge in [0.15, 0.2) is 24.5 Å². The zero-order valence-electron chi connectivity index (χ0n) is 14.2. The summed E-state index contributed by atoms with van der Waals surface area (Å²) in [6.45, 7) is 2.64. The maximum absolute atomic E-state index is 12.8. The average molecular weight is 332 g/mol. The van der Waals surface area contributed by atoms with Gasteiger partial charge in [0, 0.05) is 11.6 Å². The molecule has 2 heterocycles. The molecule has 0 saturated carbocycles. The highest BCUT2D eigenvalue weighted by Gasteiger charge is 2.12. The minimum absolute atomic E-state index is 0.00373. The summed E-state index contributed by atoms with van der Waals surface area (Å²) in [7, 11) is 1.65. The van der Waals surface area contributed by atoms with Crippen LogP contribution in [0, 0.1) is 6.92 Å². The van der Waals surface area contributed by atoms with Crippen molar-refractivity contribution in [2.75, 3.05) is 7.11 Å². The van der Waals surface area contributed by atoms with Crippen LogP contribution in [0.4, 0.5) is 0 Å². The lowest BCUT2D eigenvalue weighted by Gasteiger charge is -2.03. The van der Waals surface area contributed by atoms with Crippen molar-refractivity contribution < 1.29 is 13.7 Å². The van der Waals surface area contributed by atoms with E-state index in [1.807, 2.05) is 72.4 Å². The van der Waals surface area contributed by atoms with E-state index in [0.29, 0.717) is 28.5 Å². The van der Waals surface area contributed by atoms with Gasteiger partial charge in [-0.15, -0.1) is 0 Å². The van der Waals surface area contributed by atoms with Crippen LogP contribution in [0.2, 0.25) is 0 Å². The van der Waals surface area contributed by atoms with Crippen molar-refractivity contribution in [1.29, 1.82) is 0 Å². The molecule has 2 aromatic carbocycles. The molecule has 0 aliphatic heterocycles. The molecule has 4 nitrogen and oxygen atoms in total. The molecular formula is C21H18NO3+. The Bertz CT molecular complexity index is 1130. The third-order valence-electron chi connectivity index (χ3n) is 4.35. The van der Waals surface area contributed by atoms with Crippen LogP contribution in [0.25, 0.3) is 21.9 Å². The van der Waals surface area contributed by atoms with E-state index in [1.165, 1.54) is 0 Å². The highest BCUT2D eigenvalue weighted by molar-refractivity contribution is 5.89. The number of rotatable bonds is 3. The van der Waals surface area contributed by atoms with Gasteiger partial charge in [-0.1, -0.05) is 11.6 Å². The smallest absolute Gasteiger partial charge is 0.206 e. The maximum Gasteiger partial charge on any atom is 0.206 e. The molecule has 0 aliphatic rings. The van der Waals surface area contributed by atoms with Crippen molar-refractivity contribution in [2.45, 2.75) is 13.5 Å². The molecule has 0 unspecified atom stereocenters. The molecule has 0 atom stereocenters. The zero-order valence-corrected chi connectivity index (χ0v) is 14.2. The van der Waals surface area contributed by atoms with Crippen molar-refractivity contribution in [1.82, 2.24) is 0 Å². The number of aryl methyl sites for hydroxylation is 1. The summed E-state index contributed by atoms with van der Waals surface area (Å²) in [6, 6.07) is 15.4. The second-order valence-corrected chi connectivity index (χ2v) is 6.17. The van der Waals surface area contributed by atoms with Gasteiger partial charge in [0.25, 0.3) is 0 Å². The summed E-state index contributed by atoms with van der Waals surface area (Å²) < 4.78 is 13.1. The first-order chi connectivity index (χ1) is 12.1. The van der Waals surface area contributed by atoms with Gasteiger partial charge in [-0.05, 0) is 43.3 Å². The Morgan fingerprint density at radius 3 is 2.52 bits per heavy atom. The largest absolute Gasteiger partial charge is 0.497 e. The second-order valence-electron chi connectivity index (χ2n) is 6.17. The van der Waals surface area contributed by atoms with Crippen molar-refractivity contribution in [2.24, 2.45) is 0 Å². The molecule has 0 spiro atoms. The molecule has 4 aromatic rings. The number of fused-ring (bicyclic) bond motifs is 2. The van der Waals surface area contributed by atoms with Crippen LogP contribution in [0.5, 0.6) is 5.75 Å². The predicted octanol–water partition coefficient (Wildman–Crippen LogP) is 3.60. The minimum Gasteiger partial charge on any atom is -0.497 e. The topological polar surface area (TPSA) is 43.3 Å². The van der Waals surface area contributed by atoms with Crippen LogP contribution in [0.1, 0.15) is 11.1 Å². The summed E-state index contributed by atoms with van der Waals surface area (Å²) in [5.41, 5.74) is 3.40. The Morgan fingerprint density at radius 1 is 1.00 bits per heavy atom. The maximum atomic E-state index is 12.8. The molecule has 0 bridgehead atoms. The summed E-state index contributed by atoms with van der Waals surface area (Å²) in [6.07, 6.45) is 3.78. The molecule has 0 amide bonds. The Balaban J connectivity index is 1.79. The van der Waals surface area contributed by atoms with Gasteiger partial charge in [0.2, 0.25) is 5.43 Å². The van der Waals surface area contributed by atoms with E-state index in [1.54, 1.807) is 7.11 Å². The van der Waals surface area contributed by atoms with Crippen LogP contribution in [0.15, 0.2) is 70.1 Å². The van der Waals surface area contributed by atoms with Crippen LogP contribution in [-0.4, -0.2) is 7.11 Å². The van der Waals surface area contributed by atoms with E-state index in [2.05, 4.69) is 0 Å². The molecule has 0 saturated heterocycles. The lowest BCUT2D eigenvalue weighted by Crippen LogP contribution is -2.33. The lowest BCUT2D eigenvalue weighted by atomic mass is 10.1. The first kappa shape index (κ1) is 15.4. The molecule has 0 fully saturated rings. The van der Waals surface area contributed by atoms with E-state index in [0.717, 1.165) is 16.9 Å². The van der Waals surface area contributed by atoms with E-state index < -0.39 is 0 Å². The van der Waals surface area contributed by atoms with E-state index in [-0.39, 0.29) is 5.43 Å². The summed E-state index contributed by atoms with van der Waals surface area (Å²) >= 11 is 0. The molecule has 4 heteroatoms. The predicted molar refractivity (Wildman–Crippen MR) is 97.0 cm³/mol. The van der Waals surface area contributed by atoms with Crippen molar-refractivity contribution in [3.05, 3.63) is 82.3 Å². The lowest BCUT2D eigenvalue weighted by molar-refractivity contribution is -0.687. The molecule has 0 N–H and O–H groups in total. The molecule has 124 valence electrons. The fraction of sp³-hybridized carbons (Fsp3) is 0.143. The van der Waals surface area contributed by atoms with Crippen LogP contribution in [-0.2, 0) is 6.54 Å².